The lowest BCUT2D eigenvalue weighted by molar-refractivity contribution is -0.111. The van der Waals surface area contributed by atoms with Crippen molar-refractivity contribution in [2.45, 2.75) is 13.5 Å². The Morgan fingerprint density at radius 3 is 2.59 bits per heavy atom. The van der Waals surface area contributed by atoms with Gasteiger partial charge in [0.05, 0.1) is 22.1 Å². The Morgan fingerprint density at radius 1 is 1.12 bits per heavy atom. The Labute approximate surface area is 193 Å². The van der Waals surface area contributed by atoms with Crippen molar-refractivity contribution in [1.82, 2.24) is 9.88 Å². The van der Waals surface area contributed by atoms with E-state index >= 15 is 0 Å². The molecule has 4 rings (SSSR count). The maximum absolute atomic E-state index is 12.5. The molecule has 1 fully saturated rings. The first-order valence-corrected chi connectivity index (χ1v) is 11.6. The van der Waals surface area contributed by atoms with Crippen molar-refractivity contribution in [3.8, 4) is 5.75 Å². The van der Waals surface area contributed by atoms with Crippen LogP contribution in [0, 0.1) is 6.92 Å². The number of aromatic nitrogens is 1. The number of rotatable bonds is 7. The first kappa shape index (κ1) is 22.0. The second kappa shape index (κ2) is 10.4. The van der Waals surface area contributed by atoms with Gasteiger partial charge in [0.25, 0.3) is 0 Å². The fraction of sp³-hybridized carbons (Fsp3) is 0.280. The molecule has 1 aromatic heterocycles. The molecule has 1 N–H and O–H groups in total. The molecule has 3 aromatic rings. The number of nitrogens with one attached hydrogen (secondary N) is 1. The van der Waals surface area contributed by atoms with Crippen LogP contribution in [0.3, 0.4) is 0 Å². The van der Waals surface area contributed by atoms with E-state index in [1.807, 2.05) is 54.8 Å². The number of nitrogens with zero attached hydrogens (tertiary/aromatic N) is 3. The first-order chi connectivity index (χ1) is 15.6. The van der Waals surface area contributed by atoms with Gasteiger partial charge in [-0.05, 0) is 49.9 Å². The Kier molecular flexibility index (Phi) is 7.19. The number of carbonyl (C=O) groups is 1. The summed E-state index contributed by atoms with van der Waals surface area (Å²) in [4.78, 5) is 21.6. The number of hydrogen-bond donors (Lipinski definition) is 1. The highest BCUT2D eigenvalue weighted by molar-refractivity contribution is 7.09. The molecular weight excluding hydrogens is 420 g/mol. The molecule has 166 valence electrons. The third-order valence-corrected chi connectivity index (χ3v) is 6.19. The van der Waals surface area contributed by atoms with Crippen LogP contribution in [0.5, 0.6) is 5.75 Å². The predicted octanol–water partition coefficient (Wildman–Crippen LogP) is 4.43. The van der Waals surface area contributed by atoms with E-state index in [2.05, 4.69) is 33.2 Å². The molecule has 1 aliphatic rings. The van der Waals surface area contributed by atoms with Crippen LogP contribution < -0.4 is 15.0 Å². The van der Waals surface area contributed by atoms with E-state index in [9.17, 15) is 4.79 Å². The standard InChI is InChI=1S/C25H28N4O2S/c1-19-26-21(18-32-19)17-31-22-10-7-20(8-11-22)9-12-25(30)27-23-5-3-4-6-24(23)29-15-13-28(2)14-16-29/h3-12,18H,13-17H2,1-2H3,(H,27,30)/b12-9+. The minimum atomic E-state index is -0.147. The fourth-order valence-corrected chi connectivity index (χ4v) is 4.15. The van der Waals surface area contributed by atoms with Gasteiger partial charge in [-0.1, -0.05) is 24.3 Å². The molecule has 6 nitrogen and oxygen atoms in total. The molecule has 1 aliphatic heterocycles. The highest BCUT2D eigenvalue weighted by atomic mass is 32.1. The number of hydrogen-bond acceptors (Lipinski definition) is 6. The predicted molar refractivity (Wildman–Crippen MR) is 131 cm³/mol. The minimum Gasteiger partial charge on any atom is -0.487 e. The van der Waals surface area contributed by atoms with Crippen LogP contribution in [0.2, 0.25) is 0 Å². The quantitative estimate of drug-likeness (QED) is 0.542. The van der Waals surface area contributed by atoms with Crippen molar-refractivity contribution >= 4 is 34.7 Å². The van der Waals surface area contributed by atoms with Crippen LogP contribution in [0.25, 0.3) is 6.08 Å². The average Bonchev–Trinajstić information content (AvgIpc) is 3.23. The molecule has 0 spiro atoms. The minimum absolute atomic E-state index is 0.147. The molecule has 7 heteroatoms. The van der Waals surface area contributed by atoms with Crippen molar-refractivity contribution in [3.63, 3.8) is 0 Å². The van der Waals surface area contributed by atoms with Gasteiger partial charge in [0.2, 0.25) is 5.91 Å². The lowest BCUT2D eigenvalue weighted by atomic mass is 10.2. The number of piperazine rings is 1. The number of ether oxygens (including phenoxy) is 1. The van der Waals surface area contributed by atoms with Gasteiger partial charge < -0.3 is 19.9 Å². The van der Waals surface area contributed by atoms with Gasteiger partial charge in [0.15, 0.2) is 0 Å². The van der Waals surface area contributed by atoms with E-state index in [-0.39, 0.29) is 5.91 Å². The third-order valence-electron chi connectivity index (χ3n) is 5.37. The van der Waals surface area contributed by atoms with Crippen molar-refractivity contribution in [3.05, 3.63) is 76.3 Å². The van der Waals surface area contributed by atoms with Gasteiger partial charge in [0.1, 0.15) is 12.4 Å². The summed E-state index contributed by atoms with van der Waals surface area (Å²) in [6.07, 6.45) is 3.37. The van der Waals surface area contributed by atoms with Crippen LogP contribution in [0.4, 0.5) is 11.4 Å². The molecule has 1 amide bonds. The van der Waals surface area contributed by atoms with E-state index in [1.54, 1.807) is 23.5 Å². The van der Waals surface area contributed by atoms with Gasteiger partial charge >= 0.3 is 0 Å². The number of carbonyl (C=O) groups excluding carboxylic acids is 1. The summed E-state index contributed by atoms with van der Waals surface area (Å²) in [5, 5.41) is 6.07. The van der Waals surface area contributed by atoms with E-state index in [4.69, 9.17) is 4.74 Å². The zero-order valence-electron chi connectivity index (χ0n) is 18.5. The molecular formula is C25H28N4O2S. The lowest BCUT2D eigenvalue weighted by Crippen LogP contribution is -2.44. The van der Waals surface area contributed by atoms with Gasteiger partial charge in [-0.3, -0.25) is 4.79 Å². The molecule has 0 atom stereocenters. The molecule has 32 heavy (non-hydrogen) atoms. The maximum Gasteiger partial charge on any atom is 0.248 e. The van der Waals surface area contributed by atoms with Gasteiger partial charge in [-0.15, -0.1) is 11.3 Å². The number of para-hydroxylation sites is 2. The lowest BCUT2D eigenvalue weighted by Gasteiger charge is -2.35. The molecule has 2 heterocycles. The van der Waals surface area contributed by atoms with Gasteiger partial charge in [-0.2, -0.15) is 0 Å². The Hall–Kier alpha value is -3.16. The Balaban J connectivity index is 1.33. The summed E-state index contributed by atoms with van der Waals surface area (Å²) in [5.41, 5.74) is 3.78. The number of benzene rings is 2. The molecule has 0 radical (unpaired) electrons. The van der Waals surface area contributed by atoms with Crippen molar-refractivity contribution in [2.24, 2.45) is 0 Å². The number of likely N-dealkylation sites (N-methyl/N-ethyl adjacent to an activating group) is 1. The highest BCUT2D eigenvalue weighted by Crippen LogP contribution is 2.26. The van der Waals surface area contributed by atoms with Crippen LogP contribution in [0.1, 0.15) is 16.3 Å². The second-order valence-electron chi connectivity index (χ2n) is 7.85. The number of amides is 1. The van der Waals surface area contributed by atoms with E-state index in [1.165, 1.54) is 0 Å². The molecule has 1 saturated heterocycles. The van der Waals surface area contributed by atoms with Crippen LogP contribution in [-0.2, 0) is 11.4 Å². The zero-order valence-corrected chi connectivity index (χ0v) is 19.3. The van der Waals surface area contributed by atoms with E-state index in [0.717, 1.165) is 59.6 Å². The summed E-state index contributed by atoms with van der Waals surface area (Å²) >= 11 is 1.62. The summed E-state index contributed by atoms with van der Waals surface area (Å²) in [7, 11) is 2.14. The Bertz CT molecular complexity index is 1070. The van der Waals surface area contributed by atoms with Crippen molar-refractivity contribution < 1.29 is 9.53 Å². The summed E-state index contributed by atoms with van der Waals surface area (Å²) in [5.74, 6) is 0.629. The Morgan fingerprint density at radius 2 is 1.88 bits per heavy atom. The molecule has 0 saturated carbocycles. The smallest absolute Gasteiger partial charge is 0.248 e. The number of thiazole rings is 1. The summed E-state index contributed by atoms with van der Waals surface area (Å²) < 4.78 is 5.78. The normalized spacial score (nSPS) is 14.6. The third kappa shape index (κ3) is 5.96. The zero-order chi connectivity index (χ0) is 22.3. The van der Waals surface area contributed by atoms with Gasteiger partial charge in [-0.25, -0.2) is 4.98 Å². The fourth-order valence-electron chi connectivity index (χ4n) is 3.56. The topological polar surface area (TPSA) is 57.7 Å². The summed E-state index contributed by atoms with van der Waals surface area (Å²) in [6.45, 7) is 6.38. The van der Waals surface area contributed by atoms with E-state index < -0.39 is 0 Å². The second-order valence-corrected chi connectivity index (χ2v) is 8.91. The maximum atomic E-state index is 12.5. The van der Waals surface area contributed by atoms with Crippen LogP contribution in [-0.4, -0.2) is 49.0 Å². The van der Waals surface area contributed by atoms with Crippen molar-refractivity contribution in [2.75, 3.05) is 43.4 Å². The van der Waals surface area contributed by atoms with Crippen LogP contribution in [0.15, 0.2) is 60.0 Å². The largest absolute Gasteiger partial charge is 0.487 e. The van der Waals surface area contributed by atoms with Crippen LogP contribution >= 0.6 is 11.3 Å². The number of anilines is 2. The molecule has 0 aliphatic carbocycles. The molecule has 2 aromatic carbocycles. The average molecular weight is 449 g/mol. The van der Waals surface area contributed by atoms with Gasteiger partial charge in [0, 0.05) is 37.6 Å². The molecule has 0 unspecified atom stereocenters. The number of aryl methyl sites for hydroxylation is 1. The van der Waals surface area contributed by atoms with Crippen molar-refractivity contribution in [1.29, 1.82) is 0 Å². The first-order valence-electron chi connectivity index (χ1n) is 10.7. The van der Waals surface area contributed by atoms with E-state index in [0.29, 0.717) is 6.61 Å². The SMILES string of the molecule is Cc1nc(COc2ccc(/C=C/C(=O)Nc3ccccc3N3CCN(C)CC3)cc2)cs1. The summed E-state index contributed by atoms with van der Waals surface area (Å²) in [6, 6.07) is 15.7. The monoisotopic (exact) mass is 448 g/mol. The highest BCUT2D eigenvalue weighted by Gasteiger charge is 2.17. The molecule has 0 bridgehead atoms.